The van der Waals surface area contributed by atoms with Gasteiger partial charge in [0.25, 0.3) is 0 Å². The number of nitrogens with zero attached hydrogens (tertiary/aromatic N) is 1. The number of carbonyl (C=O) groups is 2. The van der Waals surface area contributed by atoms with Crippen LogP contribution >= 0.6 is 0 Å². The molecule has 1 unspecified atom stereocenters. The summed E-state index contributed by atoms with van der Waals surface area (Å²) in [6, 6.07) is 0. The third-order valence-corrected chi connectivity index (χ3v) is 2.32. The van der Waals surface area contributed by atoms with Crippen molar-refractivity contribution in [2.45, 2.75) is 48.0 Å². The van der Waals surface area contributed by atoms with Crippen LogP contribution in [0.4, 0.5) is 0 Å². The molecule has 0 aromatic carbocycles. The summed E-state index contributed by atoms with van der Waals surface area (Å²) in [5.74, 6) is 0.0792. The first-order chi connectivity index (χ1) is 8.52. The van der Waals surface area contributed by atoms with Crippen molar-refractivity contribution in [2.24, 2.45) is 5.92 Å². The minimum absolute atomic E-state index is 0.0415. The molecule has 1 fully saturated rings. The Kier molecular flexibility index (Phi) is 11.4. The second-order valence-corrected chi connectivity index (χ2v) is 3.64. The first-order valence-corrected chi connectivity index (χ1v) is 6.76. The van der Waals surface area contributed by atoms with Crippen LogP contribution < -0.4 is 5.32 Å². The second kappa shape index (κ2) is 10.8. The molecule has 0 saturated carbocycles. The number of hydrogen-bond donors (Lipinski definition) is 1. The molecule has 0 bridgehead atoms. The summed E-state index contributed by atoms with van der Waals surface area (Å²) >= 11 is 0. The summed E-state index contributed by atoms with van der Waals surface area (Å²) in [5, 5.41) is 2.65. The molecule has 1 saturated heterocycles. The summed E-state index contributed by atoms with van der Waals surface area (Å²) in [7, 11) is 0. The van der Waals surface area contributed by atoms with Crippen LogP contribution in [0.3, 0.4) is 0 Å². The Labute approximate surface area is 111 Å². The topological polar surface area (TPSA) is 49.4 Å². The highest BCUT2D eigenvalue weighted by molar-refractivity contribution is 5.83. The van der Waals surface area contributed by atoms with E-state index in [2.05, 4.69) is 11.9 Å². The van der Waals surface area contributed by atoms with Crippen LogP contribution in [0.25, 0.3) is 0 Å². The van der Waals surface area contributed by atoms with E-state index in [1.807, 2.05) is 34.6 Å². The quantitative estimate of drug-likeness (QED) is 0.843. The lowest BCUT2D eigenvalue weighted by molar-refractivity contribution is -0.130. The normalized spacial score (nSPS) is 17.4. The molecule has 2 amide bonds. The molecule has 18 heavy (non-hydrogen) atoms. The van der Waals surface area contributed by atoms with E-state index in [0.717, 1.165) is 12.1 Å². The number of nitrogens with one attached hydrogen (secondary N) is 1. The number of amides is 2. The summed E-state index contributed by atoms with van der Waals surface area (Å²) in [6.07, 6.45) is 0.735. The van der Waals surface area contributed by atoms with Crippen molar-refractivity contribution in [1.29, 1.82) is 0 Å². The molecule has 0 aromatic heterocycles. The Balaban J connectivity index is 0. The van der Waals surface area contributed by atoms with Gasteiger partial charge in [0.2, 0.25) is 11.8 Å². The summed E-state index contributed by atoms with van der Waals surface area (Å²) < 4.78 is 0. The zero-order valence-corrected chi connectivity index (χ0v) is 12.7. The number of hydrogen-bond acceptors (Lipinski definition) is 2. The lowest BCUT2D eigenvalue weighted by atomic mass is 10.1. The van der Waals surface area contributed by atoms with Crippen molar-refractivity contribution < 1.29 is 9.59 Å². The molecule has 1 N–H and O–H groups in total. The van der Waals surface area contributed by atoms with Gasteiger partial charge in [0.1, 0.15) is 0 Å². The Hall–Kier alpha value is -1.32. The zero-order valence-electron chi connectivity index (χ0n) is 12.7. The molecule has 1 aliphatic heterocycles. The third kappa shape index (κ3) is 6.42. The number of carbonyl (C=O) groups excluding carboxylic acids is 2. The zero-order chi connectivity index (χ0) is 14.7. The molecule has 4 nitrogen and oxygen atoms in total. The Morgan fingerprint density at radius 1 is 1.39 bits per heavy atom. The maximum absolute atomic E-state index is 11.5. The van der Waals surface area contributed by atoms with Crippen LogP contribution in [0.1, 0.15) is 48.0 Å². The number of rotatable bonds is 3. The summed E-state index contributed by atoms with van der Waals surface area (Å²) in [4.78, 5) is 23.8. The summed E-state index contributed by atoms with van der Waals surface area (Å²) in [5.41, 5.74) is 0.854. The number of likely N-dealkylation sites (tertiary alicyclic amines) is 1. The predicted octanol–water partition coefficient (Wildman–Crippen LogP) is 2.56. The van der Waals surface area contributed by atoms with Crippen LogP contribution in [0, 0.1) is 5.92 Å². The van der Waals surface area contributed by atoms with E-state index >= 15 is 0 Å². The fourth-order valence-electron chi connectivity index (χ4n) is 1.58. The molecule has 106 valence electrons. The van der Waals surface area contributed by atoms with Crippen LogP contribution in [-0.2, 0) is 9.59 Å². The fourth-order valence-corrected chi connectivity index (χ4v) is 1.58. The van der Waals surface area contributed by atoms with Crippen molar-refractivity contribution in [3.63, 3.8) is 0 Å². The standard InChI is InChI=1S/C10H16N2O2.2C2H6/c1-7-6-8(2)12(10(7)14)5-4-11-9(3)13;2*1-2/h7H,2,4-6H2,1,3H3,(H,11,13);2*1-2H3. The van der Waals surface area contributed by atoms with Crippen molar-refractivity contribution in [1.82, 2.24) is 10.2 Å². The maximum Gasteiger partial charge on any atom is 0.229 e. The maximum atomic E-state index is 11.5. The predicted molar refractivity (Wildman–Crippen MR) is 76.0 cm³/mol. The summed E-state index contributed by atoms with van der Waals surface area (Å²) in [6.45, 7) is 16.2. The van der Waals surface area contributed by atoms with Crippen molar-refractivity contribution >= 4 is 11.8 Å². The average Bonchev–Trinajstić information content (AvgIpc) is 2.60. The van der Waals surface area contributed by atoms with Crippen molar-refractivity contribution in [3.05, 3.63) is 12.3 Å². The van der Waals surface area contributed by atoms with Gasteiger partial charge in [-0.15, -0.1) is 0 Å². The van der Waals surface area contributed by atoms with Crippen molar-refractivity contribution in [3.8, 4) is 0 Å². The Morgan fingerprint density at radius 3 is 2.22 bits per heavy atom. The van der Waals surface area contributed by atoms with Crippen molar-refractivity contribution in [2.75, 3.05) is 13.1 Å². The highest BCUT2D eigenvalue weighted by Crippen LogP contribution is 2.25. The van der Waals surface area contributed by atoms with E-state index in [1.165, 1.54) is 6.92 Å². The van der Waals surface area contributed by atoms with Gasteiger partial charge in [-0.2, -0.15) is 0 Å². The molecule has 1 atom stereocenters. The van der Waals surface area contributed by atoms with Gasteiger partial charge >= 0.3 is 0 Å². The van der Waals surface area contributed by atoms with Gasteiger partial charge in [-0.05, 0) is 6.42 Å². The molecular weight excluding hydrogens is 228 g/mol. The first kappa shape index (κ1) is 19.0. The van der Waals surface area contributed by atoms with E-state index in [9.17, 15) is 9.59 Å². The molecule has 0 aromatic rings. The van der Waals surface area contributed by atoms with Crippen LogP contribution in [-0.4, -0.2) is 29.8 Å². The van der Waals surface area contributed by atoms with Gasteiger partial charge in [0, 0.05) is 31.6 Å². The molecule has 0 aliphatic carbocycles. The molecular formula is C14H28N2O2. The smallest absolute Gasteiger partial charge is 0.229 e. The van der Waals surface area contributed by atoms with E-state index in [0.29, 0.717) is 13.1 Å². The minimum atomic E-state index is -0.0738. The molecule has 1 aliphatic rings. The monoisotopic (exact) mass is 256 g/mol. The van der Waals surface area contributed by atoms with Gasteiger partial charge in [0.05, 0.1) is 0 Å². The number of allylic oxidation sites excluding steroid dienone is 1. The van der Waals surface area contributed by atoms with E-state index in [-0.39, 0.29) is 17.7 Å². The molecule has 1 heterocycles. The van der Waals surface area contributed by atoms with Gasteiger partial charge in [-0.3, -0.25) is 9.59 Å². The fraction of sp³-hybridized carbons (Fsp3) is 0.714. The Bertz CT molecular complexity index is 275. The highest BCUT2D eigenvalue weighted by atomic mass is 16.2. The molecule has 4 heteroatoms. The van der Waals surface area contributed by atoms with E-state index in [4.69, 9.17) is 0 Å². The van der Waals surface area contributed by atoms with E-state index in [1.54, 1.807) is 4.90 Å². The van der Waals surface area contributed by atoms with Gasteiger partial charge in [-0.1, -0.05) is 41.2 Å². The third-order valence-electron chi connectivity index (χ3n) is 2.32. The molecule has 0 radical (unpaired) electrons. The van der Waals surface area contributed by atoms with Crippen LogP contribution in [0.2, 0.25) is 0 Å². The lowest BCUT2D eigenvalue weighted by Gasteiger charge is -2.17. The van der Waals surface area contributed by atoms with Gasteiger partial charge in [0.15, 0.2) is 0 Å². The van der Waals surface area contributed by atoms with E-state index < -0.39 is 0 Å². The van der Waals surface area contributed by atoms with Gasteiger partial charge < -0.3 is 10.2 Å². The lowest BCUT2D eigenvalue weighted by Crippen LogP contribution is -2.34. The Morgan fingerprint density at radius 2 is 1.89 bits per heavy atom. The van der Waals surface area contributed by atoms with Crippen LogP contribution in [0.5, 0.6) is 0 Å². The average molecular weight is 256 g/mol. The molecule has 1 rings (SSSR count). The van der Waals surface area contributed by atoms with Crippen LogP contribution in [0.15, 0.2) is 12.3 Å². The second-order valence-electron chi connectivity index (χ2n) is 3.64. The minimum Gasteiger partial charge on any atom is -0.355 e. The molecule has 0 spiro atoms. The first-order valence-electron chi connectivity index (χ1n) is 6.76. The van der Waals surface area contributed by atoms with Gasteiger partial charge in [-0.25, -0.2) is 0 Å². The SMILES string of the molecule is C=C1CC(C)C(=O)N1CCNC(C)=O.CC.CC. The highest BCUT2D eigenvalue weighted by Gasteiger charge is 2.30. The largest absolute Gasteiger partial charge is 0.355 e.